The number of halogens is 1. The number of rotatable bonds is 4. The van der Waals surface area contributed by atoms with Gasteiger partial charge < -0.3 is 10.1 Å². The Morgan fingerprint density at radius 2 is 1.95 bits per heavy atom. The molecule has 1 aromatic carbocycles. The summed E-state index contributed by atoms with van der Waals surface area (Å²) < 4.78 is 5.13. The van der Waals surface area contributed by atoms with Crippen molar-refractivity contribution >= 4 is 17.6 Å². The largest absolute Gasteiger partial charge is 0.466 e. The minimum Gasteiger partial charge on any atom is -0.466 e. The second kappa shape index (κ2) is 6.40. The number of carbonyl (C=O) groups is 1. The van der Waals surface area contributed by atoms with E-state index in [4.69, 9.17) is 16.3 Å². The van der Waals surface area contributed by atoms with Crippen LogP contribution in [-0.4, -0.2) is 25.7 Å². The van der Waals surface area contributed by atoms with Crippen molar-refractivity contribution in [2.75, 3.05) is 19.7 Å². The van der Waals surface area contributed by atoms with E-state index in [9.17, 15) is 4.79 Å². The van der Waals surface area contributed by atoms with Gasteiger partial charge in [-0.25, -0.2) is 0 Å². The predicted octanol–water partition coefficient (Wildman–Crippen LogP) is 2.91. The van der Waals surface area contributed by atoms with Crippen LogP contribution in [0.5, 0.6) is 0 Å². The maximum absolute atomic E-state index is 11.9. The molecule has 1 aliphatic heterocycles. The highest BCUT2D eigenvalue weighted by Crippen LogP contribution is 2.37. The third-order valence-electron chi connectivity index (χ3n) is 3.81. The SMILES string of the molecule is CCOC(=O)CC1(c2ccc(Cl)cc2)CCNCC1. The second-order valence-corrected chi connectivity index (χ2v) is 5.46. The summed E-state index contributed by atoms with van der Waals surface area (Å²) in [4.78, 5) is 11.9. The van der Waals surface area contributed by atoms with Crippen LogP contribution in [0.15, 0.2) is 24.3 Å². The number of hydrogen-bond donors (Lipinski definition) is 1. The molecule has 0 bridgehead atoms. The molecular weight excluding hydrogens is 262 g/mol. The van der Waals surface area contributed by atoms with Gasteiger partial charge in [0.25, 0.3) is 0 Å². The van der Waals surface area contributed by atoms with E-state index in [0.29, 0.717) is 13.0 Å². The lowest BCUT2D eigenvalue weighted by Crippen LogP contribution is -2.41. The summed E-state index contributed by atoms with van der Waals surface area (Å²) in [6.07, 6.45) is 2.35. The van der Waals surface area contributed by atoms with Crippen molar-refractivity contribution in [2.45, 2.75) is 31.6 Å². The van der Waals surface area contributed by atoms with Crippen LogP contribution >= 0.6 is 11.6 Å². The number of benzene rings is 1. The van der Waals surface area contributed by atoms with E-state index in [1.807, 2.05) is 31.2 Å². The van der Waals surface area contributed by atoms with E-state index < -0.39 is 0 Å². The van der Waals surface area contributed by atoms with Crippen molar-refractivity contribution in [1.82, 2.24) is 5.32 Å². The highest BCUT2D eigenvalue weighted by molar-refractivity contribution is 6.30. The molecule has 0 atom stereocenters. The van der Waals surface area contributed by atoms with Gasteiger partial charge in [-0.3, -0.25) is 4.79 Å². The molecule has 1 saturated heterocycles. The number of ether oxygens (including phenoxy) is 1. The normalized spacial score (nSPS) is 18.0. The Hall–Kier alpha value is -1.06. The zero-order valence-electron chi connectivity index (χ0n) is 11.2. The Bertz CT molecular complexity index is 424. The molecule has 4 heteroatoms. The summed E-state index contributed by atoms with van der Waals surface area (Å²) >= 11 is 5.95. The van der Waals surface area contributed by atoms with Gasteiger partial charge in [-0.2, -0.15) is 0 Å². The summed E-state index contributed by atoms with van der Waals surface area (Å²) in [6.45, 7) is 4.15. The first-order valence-corrected chi connectivity index (χ1v) is 7.16. The lowest BCUT2D eigenvalue weighted by Gasteiger charge is -2.37. The molecule has 0 saturated carbocycles. The van der Waals surface area contributed by atoms with Crippen LogP contribution < -0.4 is 5.32 Å². The Balaban J connectivity index is 2.23. The molecule has 104 valence electrons. The van der Waals surface area contributed by atoms with Crippen LogP contribution in [0.25, 0.3) is 0 Å². The Kier molecular flexibility index (Phi) is 4.83. The van der Waals surface area contributed by atoms with Crippen molar-refractivity contribution < 1.29 is 9.53 Å². The molecule has 2 rings (SSSR count). The molecular formula is C15H20ClNO2. The van der Waals surface area contributed by atoms with E-state index in [-0.39, 0.29) is 11.4 Å². The standard InChI is InChI=1S/C15H20ClNO2/c1-2-19-14(18)11-15(7-9-17-10-8-15)12-3-5-13(16)6-4-12/h3-6,17H,2,7-11H2,1H3. The molecule has 1 aliphatic rings. The van der Waals surface area contributed by atoms with Crippen molar-refractivity contribution in [3.63, 3.8) is 0 Å². The van der Waals surface area contributed by atoms with Crippen LogP contribution in [0.3, 0.4) is 0 Å². The zero-order chi connectivity index (χ0) is 13.7. The number of esters is 1. The molecule has 1 aromatic rings. The van der Waals surface area contributed by atoms with Gasteiger partial charge in [0.1, 0.15) is 0 Å². The topological polar surface area (TPSA) is 38.3 Å². The molecule has 0 unspecified atom stereocenters. The molecule has 1 N–H and O–H groups in total. The molecule has 19 heavy (non-hydrogen) atoms. The highest BCUT2D eigenvalue weighted by Gasteiger charge is 2.36. The minimum atomic E-state index is -0.112. The van der Waals surface area contributed by atoms with Gasteiger partial charge in [0, 0.05) is 10.4 Å². The van der Waals surface area contributed by atoms with E-state index >= 15 is 0 Å². The predicted molar refractivity (Wildman–Crippen MR) is 76.5 cm³/mol. The van der Waals surface area contributed by atoms with E-state index in [1.54, 1.807) is 0 Å². The van der Waals surface area contributed by atoms with Crippen molar-refractivity contribution in [1.29, 1.82) is 0 Å². The van der Waals surface area contributed by atoms with Gasteiger partial charge in [0.05, 0.1) is 13.0 Å². The molecule has 3 nitrogen and oxygen atoms in total. The van der Waals surface area contributed by atoms with Crippen LogP contribution in [-0.2, 0) is 14.9 Å². The fraction of sp³-hybridized carbons (Fsp3) is 0.533. The van der Waals surface area contributed by atoms with Gasteiger partial charge >= 0.3 is 5.97 Å². The van der Waals surface area contributed by atoms with Crippen LogP contribution in [0, 0.1) is 0 Å². The van der Waals surface area contributed by atoms with Gasteiger partial charge in [-0.1, -0.05) is 23.7 Å². The lowest BCUT2D eigenvalue weighted by atomic mass is 9.71. The smallest absolute Gasteiger partial charge is 0.306 e. The molecule has 0 radical (unpaired) electrons. The molecule has 0 spiro atoms. The Morgan fingerprint density at radius 3 is 2.53 bits per heavy atom. The van der Waals surface area contributed by atoms with Gasteiger partial charge in [-0.05, 0) is 50.6 Å². The minimum absolute atomic E-state index is 0.109. The number of hydrogen-bond acceptors (Lipinski definition) is 3. The molecule has 0 aliphatic carbocycles. The summed E-state index contributed by atoms with van der Waals surface area (Å²) in [5, 5.41) is 4.07. The number of piperidine rings is 1. The van der Waals surface area contributed by atoms with E-state index in [0.717, 1.165) is 31.0 Å². The summed E-state index contributed by atoms with van der Waals surface area (Å²) in [7, 11) is 0. The first-order valence-electron chi connectivity index (χ1n) is 6.79. The zero-order valence-corrected chi connectivity index (χ0v) is 12.0. The average molecular weight is 282 g/mol. The maximum Gasteiger partial charge on any atom is 0.306 e. The molecule has 1 fully saturated rings. The summed E-state index contributed by atoms with van der Waals surface area (Å²) in [5.74, 6) is -0.112. The molecule has 0 amide bonds. The molecule has 0 aromatic heterocycles. The third-order valence-corrected chi connectivity index (χ3v) is 4.06. The fourth-order valence-corrected chi connectivity index (χ4v) is 2.89. The third kappa shape index (κ3) is 3.48. The van der Waals surface area contributed by atoms with E-state index in [1.165, 1.54) is 5.56 Å². The second-order valence-electron chi connectivity index (χ2n) is 5.02. The summed E-state index contributed by atoms with van der Waals surface area (Å²) in [5.41, 5.74) is 1.08. The van der Waals surface area contributed by atoms with Crippen LogP contribution in [0.1, 0.15) is 31.7 Å². The quantitative estimate of drug-likeness (QED) is 0.863. The van der Waals surface area contributed by atoms with Gasteiger partial charge in [0.2, 0.25) is 0 Å². The first-order chi connectivity index (χ1) is 9.16. The van der Waals surface area contributed by atoms with Crippen LogP contribution in [0.2, 0.25) is 5.02 Å². The monoisotopic (exact) mass is 281 g/mol. The molecule has 1 heterocycles. The van der Waals surface area contributed by atoms with Gasteiger partial charge in [0.15, 0.2) is 0 Å². The van der Waals surface area contributed by atoms with E-state index in [2.05, 4.69) is 5.32 Å². The van der Waals surface area contributed by atoms with Crippen molar-refractivity contribution in [3.05, 3.63) is 34.9 Å². The maximum atomic E-state index is 11.9. The Morgan fingerprint density at radius 1 is 1.32 bits per heavy atom. The Labute approximate surface area is 119 Å². The number of nitrogens with one attached hydrogen (secondary N) is 1. The fourth-order valence-electron chi connectivity index (χ4n) is 2.76. The van der Waals surface area contributed by atoms with Gasteiger partial charge in [-0.15, -0.1) is 0 Å². The van der Waals surface area contributed by atoms with Crippen molar-refractivity contribution in [3.8, 4) is 0 Å². The lowest BCUT2D eigenvalue weighted by molar-refractivity contribution is -0.145. The van der Waals surface area contributed by atoms with Crippen LogP contribution in [0.4, 0.5) is 0 Å². The van der Waals surface area contributed by atoms with Crippen molar-refractivity contribution in [2.24, 2.45) is 0 Å². The first kappa shape index (κ1) is 14.4. The highest BCUT2D eigenvalue weighted by atomic mass is 35.5. The average Bonchev–Trinajstić information content (AvgIpc) is 2.40. The summed E-state index contributed by atoms with van der Waals surface area (Å²) in [6, 6.07) is 7.86. The number of carbonyl (C=O) groups excluding carboxylic acids is 1.